The smallest absolute Gasteiger partial charge is 0.224 e. The van der Waals surface area contributed by atoms with Crippen LogP contribution in [0.5, 0.6) is 5.75 Å². The van der Waals surface area contributed by atoms with Gasteiger partial charge in [0.05, 0.1) is 13.3 Å². The van der Waals surface area contributed by atoms with Crippen molar-refractivity contribution in [2.75, 3.05) is 30.8 Å². The zero-order chi connectivity index (χ0) is 15.1. The Morgan fingerprint density at radius 2 is 2.05 bits per heavy atom. The van der Waals surface area contributed by atoms with Gasteiger partial charge in [0.25, 0.3) is 0 Å². The van der Waals surface area contributed by atoms with E-state index in [1.54, 1.807) is 13.3 Å². The lowest BCUT2D eigenvalue weighted by Crippen LogP contribution is -2.10. The van der Waals surface area contributed by atoms with E-state index in [4.69, 9.17) is 16.3 Å². The van der Waals surface area contributed by atoms with Crippen LogP contribution < -0.4 is 15.4 Å². The second-order valence-electron chi connectivity index (χ2n) is 4.41. The third-order valence-corrected chi connectivity index (χ3v) is 3.23. The molecule has 0 aliphatic carbocycles. The van der Waals surface area contributed by atoms with Crippen molar-refractivity contribution in [1.82, 2.24) is 9.97 Å². The van der Waals surface area contributed by atoms with E-state index in [1.807, 2.05) is 31.2 Å². The molecule has 5 nitrogen and oxygen atoms in total. The predicted molar refractivity (Wildman–Crippen MR) is 86.4 cm³/mol. The van der Waals surface area contributed by atoms with Crippen LogP contribution in [0, 0.1) is 0 Å². The molecule has 6 heteroatoms. The molecule has 21 heavy (non-hydrogen) atoms. The minimum absolute atomic E-state index is 0.511. The Kier molecular flexibility index (Phi) is 5.63. The van der Waals surface area contributed by atoms with Crippen molar-refractivity contribution in [1.29, 1.82) is 0 Å². The summed E-state index contributed by atoms with van der Waals surface area (Å²) in [7, 11) is 1.68. The number of anilines is 2. The van der Waals surface area contributed by atoms with Gasteiger partial charge in [-0.2, -0.15) is 4.98 Å². The maximum absolute atomic E-state index is 6.10. The summed E-state index contributed by atoms with van der Waals surface area (Å²) < 4.78 is 5.33. The lowest BCUT2D eigenvalue weighted by atomic mass is 10.1. The predicted octanol–water partition coefficient (Wildman–Crippen LogP) is 3.23. The number of rotatable bonds is 7. The highest BCUT2D eigenvalue weighted by Crippen LogP contribution is 2.21. The molecule has 0 aliphatic rings. The molecule has 1 aromatic carbocycles. The minimum atomic E-state index is 0.511. The Labute approximate surface area is 129 Å². The van der Waals surface area contributed by atoms with Gasteiger partial charge in [-0.25, -0.2) is 4.98 Å². The molecule has 0 fully saturated rings. The molecule has 0 bridgehead atoms. The number of nitrogens with one attached hydrogen (secondary N) is 2. The molecule has 112 valence electrons. The zero-order valence-electron chi connectivity index (χ0n) is 12.2. The fourth-order valence-corrected chi connectivity index (χ4v) is 2.12. The van der Waals surface area contributed by atoms with Crippen LogP contribution in [0.15, 0.2) is 30.5 Å². The molecule has 0 aliphatic heterocycles. The number of ether oxygens (including phenoxy) is 1. The summed E-state index contributed by atoms with van der Waals surface area (Å²) in [4.78, 5) is 8.45. The normalized spacial score (nSPS) is 10.2. The molecule has 0 radical (unpaired) electrons. The van der Waals surface area contributed by atoms with E-state index in [9.17, 15) is 0 Å². The number of benzene rings is 1. The van der Waals surface area contributed by atoms with Crippen LogP contribution in [0.2, 0.25) is 5.02 Å². The second kappa shape index (κ2) is 7.69. The Hall–Kier alpha value is -2.01. The molecule has 2 N–H and O–H groups in total. The minimum Gasteiger partial charge on any atom is -0.496 e. The number of methoxy groups -OCH3 is 1. The quantitative estimate of drug-likeness (QED) is 0.822. The van der Waals surface area contributed by atoms with E-state index >= 15 is 0 Å². The Morgan fingerprint density at radius 1 is 1.24 bits per heavy atom. The highest BCUT2D eigenvalue weighted by atomic mass is 35.5. The number of aromatic nitrogens is 2. The van der Waals surface area contributed by atoms with Gasteiger partial charge in [0.1, 0.15) is 16.6 Å². The zero-order valence-corrected chi connectivity index (χ0v) is 12.9. The molecule has 0 amide bonds. The summed E-state index contributed by atoms with van der Waals surface area (Å²) in [6, 6.07) is 7.96. The van der Waals surface area contributed by atoms with Crippen LogP contribution in [0.25, 0.3) is 0 Å². The first-order valence-electron chi connectivity index (χ1n) is 6.86. The monoisotopic (exact) mass is 306 g/mol. The van der Waals surface area contributed by atoms with Gasteiger partial charge in [0.15, 0.2) is 0 Å². The van der Waals surface area contributed by atoms with Crippen molar-refractivity contribution < 1.29 is 4.74 Å². The van der Waals surface area contributed by atoms with Crippen LogP contribution in [-0.2, 0) is 6.42 Å². The van der Waals surface area contributed by atoms with Crippen molar-refractivity contribution >= 4 is 23.4 Å². The Morgan fingerprint density at radius 3 is 2.81 bits per heavy atom. The molecule has 2 rings (SSSR count). The van der Waals surface area contributed by atoms with Gasteiger partial charge < -0.3 is 15.4 Å². The van der Waals surface area contributed by atoms with Crippen LogP contribution in [0.4, 0.5) is 11.8 Å². The lowest BCUT2D eigenvalue weighted by Gasteiger charge is -2.11. The van der Waals surface area contributed by atoms with Gasteiger partial charge in [-0.05, 0) is 25.0 Å². The molecular formula is C15H19ClN4O. The third-order valence-electron chi connectivity index (χ3n) is 2.96. The van der Waals surface area contributed by atoms with Crippen molar-refractivity contribution in [3.8, 4) is 5.75 Å². The van der Waals surface area contributed by atoms with Gasteiger partial charge in [-0.15, -0.1) is 0 Å². The van der Waals surface area contributed by atoms with Crippen LogP contribution >= 0.6 is 11.6 Å². The van der Waals surface area contributed by atoms with Crippen LogP contribution in [0.3, 0.4) is 0 Å². The summed E-state index contributed by atoms with van der Waals surface area (Å²) in [6.45, 7) is 3.47. The standard InChI is InChI=1S/C15H19ClN4O/c1-3-17-15-19-10-12(16)14(20-15)18-9-8-11-6-4-5-7-13(11)21-2/h4-7,10H,3,8-9H2,1-2H3,(H2,17,18,19,20). The summed E-state index contributed by atoms with van der Waals surface area (Å²) >= 11 is 6.10. The third kappa shape index (κ3) is 4.23. The van der Waals surface area contributed by atoms with Crippen molar-refractivity contribution in [2.45, 2.75) is 13.3 Å². The van der Waals surface area contributed by atoms with E-state index in [-0.39, 0.29) is 0 Å². The van der Waals surface area contributed by atoms with E-state index < -0.39 is 0 Å². The molecule has 0 saturated heterocycles. The summed E-state index contributed by atoms with van der Waals surface area (Å²) in [5.41, 5.74) is 1.14. The molecule has 0 atom stereocenters. The average Bonchev–Trinajstić information content (AvgIpc) is 2.51. The van der Waals surface area contributed by atoms with Crippen molar-refractivity contribution in [3.63, 3.8) is 0 Å². The Bertz CT molecular complexity index is 592. The van der Waals surface area contributed by atoms with E-state index in [1.165, 1.54) is 0 Å². The largest absolute Gasteiger partial charge is 0.496 e. The number of hydrogen-bond acceptors (Lipinski definition) is 5. The van der Waals surface area contributed by atoms with Crippen molar-refractivity contribution in [2.24, 2.45) is 0 Å². The van der Waals surface area contributed by atoms with Gasteiger partial charge in [0.2, 0.25) is 5.95 Å². The first-order valence-corrected chi connectivity index (χ1v) is 7.24. The van der Waals surface area contributed by atoms with Gasteiger partial charge >= 0.3 is 0 Å². The number of para-hydroxylation sites is 1. The maximum Gasteiger partial charge on any atom is 0.224 e. The maximum atomic E-state index is 6.10. The van der Waals surface area contributed by atoms with Crippen LogP contribution in [0.1, 0.15) is 12.5 Å². The lowest BCUT2D eigenvalue weighted by molar-refractivity contribution is 0.410. The van der Waals surface area contributed by atoms with Gasteiger partial charge in [-0.1, -0.05) is 29.8 Å². The van der Waals surface area contributed by atoms with E-state index in [0.29, 0.717) is 23.3 Å². The molecule has 0 spiro atoms. The van der Waals surface area contributed by atoms with Gasteiger partial charge in [0, 0.05) is 13.1 Å². The van der Waals surface area contributed by atoms with E-state index in [2.05, 4.69) is 20.6 Å². The molecule has 1 aromatic heterocycles. The summed E-state index contributed by atoms with van der Waals surface area (Å²) in [5.74, 6) is 2.10. The SMILES string of the molecule is CCNc1ncc(Cl)c(NCCc2ccccc2OC)n1. The molecular weight excluding hydrogens is 288 g/mol. The molecule has 0 saturated carbocycles. The molecule has 1 heterocycles. The highest BCUT2D eigenvalue weighted by molar-refractivity contribution is 6.32. The molecule has 0 unspecified atom stereocenters. The first-order chi connectivity index (χ1) is 10.2. The fourth-order valence-electron chi connectivity index (χ4n) is 1.96. The van der Waals surface area contributed by atoms with Crippen molar-refractivity contribution in [3.05, 3.63) is 41.0 Å². The first kappa shape index (κ1) is 15.4. The second-order valence-corrected chi connectivity index (χ2v) is 4.82. The summed E-state index contributed by atoms with van der Waals surface area (Å²) in [5, 5.41) is 6.80. The number of hydrogen-bond donors (Lipinski definition) is 2. The topological polar surface area (TPSA) is 59.1 Å². The number of halogens is 1. The highest BCUT2D eigenvalue weighted by Gasteiger charge is 2.06. The van der Waals surface area contributed by atoms with E-state index in [0.717, 1.165) is 24.3 Å². The average molecular weight is 307 g/mol. The van der Waals surface area contributed by atoms with Crippen LogP contribution in [-0.4, -0.2) is 30.2 Å². The summed E-state index contributed by atoms with van der Waals surface area (Å²) in [6.07, 6.45) is 2.42. The van der Waals surface area contributed by atoms with Gasteiger partial charge in [-0.3, -0.25) is 0 Å². The molecule has 2 aromatic rings. The fraction of sp³-hybridized carbons (Fsp3) is 0.333. The Balaban J connectivity index is 1.98. The number of nitrogens with zero attached hydrogens (tertiary/aromatic N) is 2.